The number of carboxylic acid groups (broad SMARTS) is 1. The first-order valence-corrected chi connectivity index (χ1v) is 43.9. The zero-order chi connectivity index (χ0) is 99.5. The van der Waals surface area contributed by atoms with Crippen LogP contribution in [0.15, 0.2) is 176 Å². The topological polar surface area (TPSA) is 389 Å². The van der Waals surface area contributed by atoms with Crippen molar-refractivity contribution in [3.8, 4) is 28.7 Å². The lowest BCUT2D eigenvalue weighted by Gasteiger charge is -2.46. The molecule has 0 radical (unpaired) electrons. The number of anilines is 2. The third-order valence-electron chi connectivity index (χ3n) is 23.7. The molecule has 9 heterocycles. The smallest absolute Gasteiger partial charge is 0.497 e. The Morgan fingerprint density at radius 2 is 0.686 bits per heavy atom. The molecule has 13 amide bonds. The molecular formula is C96H104F9N13O19. The molecule has 6 aliphatic rings. The van der Waals surface area contributed by atoms with Crippen LogP contribution in [0.1, 0.15) is 148 Å². The van der Waals surface area contributed by atoms with Gasteiger partial charge in [0.15, 0.2) is 6.04 Å². The minimum absolute atomic E-state index is 0.0330. The Bertz CT molecular complexity index is 5440. The molecule has 14 rings (SSSR count). The molecule has 6 aliphatic heterocycles. The van der Waals surface area contributed by atoms with E-state index in [9.17, 15) is 97.4 Å². The SMILES string of the molecule is COc1ccc(CN(C(=O)OC(C)(C)C)c2cc(C[C@H]3C(=O)N(C(=O)N4CCCC(c5ccc(OC(F)(F)F)cc5)C4)[C@@H]3C(=O)O)ccn2)cc1.COc1ccc(CN(C(=O)OC(C)(C)C)c2cc(C[C@H]3C(=O)N(C(=O)N4CCCC(c5ccc(OC(F)(F)F)cc5)C4)[C@@H]3C(N)=O)ccn2)cc1.Cc1cc(C[C@H]2C(=O)N(C(=O)N3CCCC(c4ccc(OC(F)(F)F)cc4)C3)[C@@H]2C(N)=O)ccn1. The summed E-state index contributed by atoms with van der Waals surface area (Å²) in [7, 11) is 3.10. The number of carbonyl (C=O) groups is 11. The van der Waals surface area contributed by atoms with Crippen LogP contribution < -0.4 is 45.0 Å². The number of likely N-dealkylation sites (tertiary alicyclic amines) is 6. The van der Waals surface area contributed by atoms with Gasteiger partial charge in [-0.3, -0.25) is 48.6 Å². The van der Waals surface area contributed by atoms with Gasteiger partial charge in [-0.05, 0) is 248 Å². The maximum atomic E-state index is 13.6. The second-order valence-electron chi connectivity index (χ2n) is 35.8. The molecule has 730 valence electrons. The Kier molecular flexibility index (Phi) is 31.7. The molecule has 6 saturated heterocycles. The summed E-state index contributed by atoms with van der Waals surface area (Å²) in [5, 5.41) is 10.1. The normalized spacial score (nSPS) is 20.0. The number of alkyl halides is 9. The van der Waals surface area contributed by atoms with Crippen LogP contribution in [0.2, 0.25) is 0 Å². The van der Waals surface area contributed by atoms with Crippen LogP contribution in [-0.2, 0) is 70.6 Å². The summed E-state index contributed by atoms with van der Waals surface area (Å²) in [5.74, 6) is -7.16. The lowest BCUT2D eigenvalue weighted by molar-refractivity contribution is -0.275. The molecule has 0 spiro atoms. The number of benzene rings is 5. The fraction of sp³-hybridized carbons (Fsp3) is 0.417. The fourth-order valence-corrected chi connectivity index (χ4v) is 17.3. The first-order valence-electron chi connectivity index (χ1n) is 43.9. The van der Waals surface area contributed by atoms with Crippen LogP contribution >= 0.6 is 0 Å². The van der Waals surface area contributed by atoms with E-state index in [0.29, 0.717) is 78.9 Å². The quantitative estimate of drug-likeness (QED) is 0.0395. The second kappa shape index (κ2) is 42.7. The van der Waals surface area contributed by atoms with Crippen molar-refractivity contribution in [2.24, 2.45) is 29.2 Å². The van der Waals surface area contributed by atoms with Crippen molar-refractivity contribution in [3.05, 3.63) is 227 Å². The number of piperidine rings is 3. The average Bonchev–Trinajstić information content (AvgIpc) is 0.749. The van der Waals surface area contributed by atoms with Gasteiger partial charge in [0.1, 0.15) is 63.7 Å². The highest BCUT2D eigenvalue weighted by molar-refractivity contribution is 6.10. The summed E-state index contributed by atoms with van der Waals surface area (Å²) in [6.07, 6.45) is -7.07. The van der Waals surface area contributed by atoms with E-state index in [1.165, 1.54) is 110 Å². The van der Waals surface area contributed by atoms with Gasteiger partial charge in [0.05, 0.1) is 45.1 Å². The lowest BCUT2D eigenvalue weighted by atomic mass is 9.82. The average molecular weight is 1910 g/mol. The number of rotatable bonds is 23. The maximum absolute atomic E-state index is 13.6. The molecule has 5 N–H and O–H groups in total. The molecule has 137 heavy (non-hydrogen) atoms. The Morgan fingerprint density at radius 3 is 0.964 bits per heavy atom. The number of urea groups is 3. The fourth-order valence-electron chi connectivity index (χ4n) is 17.3. The van der Waals surface area contributed by atoms with Crippen LogP contribution in [0.3, 0.4) is 0 Å². The highest BCUT2D eigenvalue weighted by Crippen LogP contribution is 2.41. The number of nitrogens with zero attached hydrogens (tertiary/aromatic N) is 11. The van der Waals surface area contributed by atoms with Crippen LogP contribution in [0.25, 0.3) is 0 Å². The molecule has 0 aliphatic carbocycles. The van der Waals surface area contributed by atoms with E-state index in [1.807, 2.05) is 25.1 Å². The van der Waals surface area contributed by atoms with Crippen molar-refractivity contribution in [1.82, 2.24) is 44.4 Å². The largest absolute Gasteiger partial charge is 0.573 e. The van der Waals surface area contributed by atoms with Gasteiger partial charge in [0.2, 0.25) is 29.5 Å². The number of carbonyl (C=O) groups excluding carboxylic acids is 10. The lowest BCUT2D eigenvalue weighted by Crippen LogP contribution is -2.70. The van der Waals surface area contributed by atoms with Gasteiger partial charge in [-0.15, -0.1) is 39.5 Å². The third-order valence-corrected chi connectivity index (χ3v) is 23.7. The van der Waals surface area contributed by atoms with Gasteiger partial charge >= 0.3 is 55.3 Å². The van der Waals surface area contributed by atoms with Gasteiger partial charge in [0.25, 0.3) is 0 Å². The van der Waals surface area contributed by atoms with Crippen molar-refractivity contribution in [2.75, 3.05) is 63.3 Å². The minimum Gasteiger partial charge on any atom is -0.497 e. The first-order chi connectivity index (χ1) is 64.6. The van der Waals surface area contributed by atoms with E-state index in [-0.39, 0.29) is 105 Å². The standard InChI is InChI=1S/C36H40F3N5O7.C36H39F3N4O8.C24H25F3N4O4/c1-35(2,3)51-34(48)43(20-22-7-11-26(49-4)12-8-22)29-19-23(15-16-41-29)18-28-30(31(40)45)44(32(28)46)33(47)42-17-5-6-25(21-42)24-9-13-27(14-10-24)50-36(37,38)39;1-35(2,3)51-34(48)42(20-22-7-11-26(49-4)12-8-22)29-19-23(15-16-40-29)18-28-30(32(45)46)43(31(28)44)33(47)41-17-5-6-25(21-41)24-9-13-27(14-10-24)50-36(37,38)39;1-14-11-15(8-9-29-14)12-19-20(21(28)32)31(22(19)33)23(34)30-10-2-3-17(13-30)16-4-6-18(7-5-16)35-24(25,26)27/h7-16,19,25,28,30H,5-6,17-18,20-21H2,1-4H3,(H2,40,45);7-16,19,25,28,30H,5-6,17-18,20-21H2,1-4H3,(H,45,46);4-9,11,17,19-20H,2-3,10,12-13H2,1H3,(H2,28,32)/t2*25?,28-,30+;17?,19-,20+/m111/s1. The summed E-state index contributed by atoms with van der Waals surface area (Å²) >= 11 is 0. The number of primary amides is 2. The number of carboxylic acids is 1. The van der Waals surface area contributed by atoms with Crippen LogP contribution in [0, 0.1) is 24.7 Å². The van der Waals surface area contributed by atoms with E-state index in [1.54, 1.807) is 129 Å². The number of methoxy groups -OCH3 is 2. The third kappa shape index (κ3) is 26.5. The Balaban J connectivity index is 0.000000188. The number of aliphatic carboxylic acids is 1. The number of aromatic nitrogens is 3. The number of nitrogens with two attached hydrogens (primary N) is 2. The van der Waals surface area contributed by atoms with Crippen molar-refractivity contribution in [1.29, 1.82) is 0 Å². The molecule has 6 fully saturated rings. The summed E-state index contributed by atoms with van der Waals surface area (Å²) in [6.45, 7) is 14.1. The van der Waals surface area contributed by atoms with Gasteiger partial charge in [0, 0.05) is 81.3 Å². The molecule has 5 aromatic carbocycles. The van der Waals surface area contributed by atoms with Gasteiger partial charge in [-0.2, -0.15) is 0 Å². The Hall–Kier alpha value is -14.3. The number of amides is 13. The molecule has 3 aromatic heterocycles. The number of pyridine rings is 3. The van der Waals surface area contributed by atoms with Gasteiger partial charge in [-0.1, -0.05) is 60.7 Å². The van der Waals surface area contributed by atoms with E-state index in [2.05, 4.69) is 29.2 Å². The summed E-state index contributed by atoms with van der Waals surface area (Å²) in [5.41, 5.74) is 16.1. The monoisotopic (exact) mass is 1910 g/mol. The molecule has 0 saturated carbocycles. The number of hydrogen-bond donors (Lipinski definition) is 3. The van der Waals surface area contributed by atoms with E-state index in [4.69, 9.17) is 30.4 Å². The van der Waals surface area contributed by atoms with Crippen LogP contribution in [-0.4, -0.2) is 217 Å². The summed E-state index contributed by atoms with van der Waals surface area (Å²) in [6, 6.07) is 35.0. The van der Waals surface area contributed by atoms with Gasteiger partial charge < -0.3 is 64.4 Å². The predicted octanol–water partition coefficient (Wildman–Crippen LogP) is 15.3. The minimum atomic E-state index is -4.82. The molecule has 41 heteroatoms. The number of β-lactam (4-membered cyclic amide) rings is 3. The zero-order valence-corrected chi connectivity index (χ0v) is 76.2. The van der Waals surface area contributed by atoms with Crippen molar-refractivity contribution >= 4 is 77.4 Å². The number of halogens is 9. The van der Waals surface area contributed by atoms with E-state index < -0.39 is 132 Å². The number of ether oxygens (including phenoxy) is 7. The highest BCUT2D eigenvalue weighted by Gasteiger charge is 2.58. The molecule has 8 aromatic rings. The van der Waals surface area contributed by atoms with E-state index >= 15 is 0 Å². The van der Waals surface area contributed by atoms with Crippen LogP contribution in [0.5, 0.6) is 28.7 Å². The predicted molar refractivity (Wildman–Crippen MR) is 474 cm³/mol. The summed E-state index contributed by atoms with van der Waals surface area (Å²) < 4.78 is 146. The molecule has 0 bridgehead atoms. The van der Waals surface area contributed by atoms with Crippen molar-refractivity contribution in [2.45, 2.75) is 186 Å². The maximum Gasteiger partial charge on any atom is 0.573 e. The van der Waals surface area contributed by atoms with Crippen molar-refractivity contribution in [3.63, 3.8) is 0 Å². The second-order valence-corrected chi connectivity index (χ2v) is 35.8. The zero-order valence-electron chi connectivity index (χ0n) is 76.2. The molecule has 9 atom stereocenters. The number of hydrogen-bond acceptors (Lipinski definition) is 21. The molecule has 32 nitrogen and oxygen atoms in total. The number of aryl methyl sites for hydroxylation is 1. The Morgan fingerprint density at radius 1 is 0.401 bits per heavy atom. The Labute approximate surface area is 782 Å². The number of imide groups is 3. The van der Waals surface area contributed by atoms with Gasteiger partial charge in [-0.25, -0.2) is 43.6 Å². The first kappa shape index (κ1) is 102. The van der Waals surface area contributed by atoms with Crippen LogP contribution in [0.4, 0.5) is 75.1 Å². The molecule has 3 unspecified atom stereocenters. The molecular weight excluding hydrogens is 1810 g/mol. The highest BCUT2D eigenvalue weighted by atomic mass is 19.4. The van der Waals surface area contributed by atoms with Crippen molar-refractivity contribution < 1.29 is 131 Å². The summed E-state index contributed by atoms with van der Waals surface area (Å²) in [4.78, 5) is 167. The van der Waals surface area contributed by atoms with E-state index in [0.717, 1.165) is 49.1 Å².